The van der Waals surface area contributed by atoms with Crippen molar-refractivity contribution >= 4 is 52.5 Å². The number of rotatable bonds is 5. The van der Waals surface area contributed by atoms with E-state index in [4.69, 9.17) is 23.2 Å². The highest BCUT2D eigenvalue weighted by Crippen LogP contribution is 2.24. The zero-order valence-electron chi connectivity index (χ0n) is 15.4. The fraction of sp³-hybridized carbons (Fsp3) is 0.0455. The van der Waals surface area contributed by atoms with Gasteiger partial charge in [0, 0.05) is 28.2 Å². The lowest BCUT2D eigenvalue weighted by Crippen LogP contribution is -2.25. The summed E-state index contributed by atoms with van der Waals surface area (Å²) in [5.41, 5.74) is 2.10. The second-order valence-corrected chi connectivity index (χ2v) is 6.89. The molecule has 0 radical (unpaired) electrons. The minimum atomic E-state index is -0.594. The van der Waals surface area contributed by atoms with Crippen LogP contribution in [-0.2, 0) is 9.59 Å². The van der Waals surface area contributed by atoms with Gasteiger partial charge in [0.1, 0.15) is 10.7 Å². The number of amides is 2. The minimum absolute atomic E-state index is 0.122. The van der Waals surface area contributed by atoms with Crippen molar-refractivity contribution < 1.29 is 9.59 Å². The molecule has 0 bridgehead atoms. The zero-order valence-corrected chi connectivity index (χ0v) is 17.0. The van der Waals surface area contributed by atoms with Crippen LogP contribution in [0.1, 0.15) is 11.1 Å². The number of carbonyl (C=O) groups excluding carboxylic acids is 2. The molecular weight excluding hydrogens is 409 g/mol. The maximum atomic E-state index is 13.0. The van der Waals surface area contributed by atoms with Crippen molar-refractivity contribution in [2.24, 2.45) is 0 Å². The Hall–Kier alpha value is -3.15. The molecule has 2 amide bonds. The fourth-order valence-corrected chi connectivity index (χ4v) is 2.90. The van der Waals surface area contributed by atoms with Crippen LogP contribution in [0.15, 0.2) is 72.4 Å². The number of nitrogens with one attached hydrogen (secondary N) is 2. The number of nitrogens with zero attached hydrogens (tertiary/aromatic N) is 1. The molecule has 1 heterocycles. The third-order valence-corrected chi connectivity index (χ3v) is 4.85. The van der Waals surface area contributed by atoms with E-state index in [1.165, 1.54) is 12.3 Å². The third kappa shape index (κ3) is 5.22. The summed E-state index contributed by atoms with van der Waals surface area (Å²) in [6.07, 6.45) is 2.93. The molecule has 0 saturated carbocycles. The molecule has 3 aromatic rings. The van der Waals surface area contributed by atoms with Gasteiger partial charge in [-0.2, -0.15) is 0 Å². The van der Waals surface area contributed by atoms with Crippen LogP contribution in [0.4, 0.5) is 11.4 Å². The first kappa shape index (κ1) is 20.6. The van der Waals surface area contributed by atoms with E-state index in [1.54, 1.807) is 61.5 Å². The Kier molecular flexibility index (Phi) is 6.65. The smallest absolute Gasteiger partial charge is 0.261 e. The first-order valence-electron chi connectivity index (χ1n) is 8.71. The molecule has 0 fully saturated rings. The second kappa shape index (κ2) is 9.37. The van der Waals surface area contributed by atoms with Crippen LogP contribution >= 0.6 is 23.2 Å². The molecule has 3 rings (SSSR count). The Balaban J connectivity index is 1.95. The molecule has 0 aliphatic heterocycles. The van der Waals surface area contributed by atoms with E-state index in [-0.39, 0.29) is 10.7 Å². The molecule has 146 valence electrons. The summed E-state index contributed by atoms with van der Waals surface area (Å²) in [4.78, 5) is 29.8. The average molecular weight is 426 g/mol. The Morgan fingerprint density at radius 3 is 2.34 bits per heavy atom. The lowest BCUT2D eigenvalue weighted by molar-refractivity contribution is -0.118. The number of benzene rings is 2. The second-order valence-electron chi connectivity index (χ2n) is 6.13. The topological polar surface area (TPSA) is 71.1 Å². The summed E-state index contributed by atoms with van der Waals surface area (Å²) in [7, 11) is 0. The lowest BCUT2D eigenvalue weighted by atomic mass is 10.1. The first-order valence-corrected chi connectivity index (χ1v) is 9.46. The van der Waals surface area contributed by atoms with E-state index in [0.717, 1.165) is 0 Å². The van der Waals surface area contributed by atoms with Gasteiger partial charge in [0.15, 0.2) is 0 Å². The predicted molar refractivity (Wildman–Crippen MR) is 117 cm³/mol. The Morgan fingerprint density at radius 1 is 0.897 bits per heavy atom. The first-order chi connectivity index (χ1) is 14.0. The van der Waals surface area contributed by atoms with Crippen LogP contribution in [0.3, 0.4) is 0 Å². The van der Waals surface area contributed by atoms with Gasteiger partial charge < -0.3 is 10.6 Å². The number of para-hydroxylation sites is 1. The number of carbonyl (C=O) groups is 2. The maximum absolute atomic E-state index is 13.0. The third-order valence-electron chi connectivity index (χ3n) is 4.12. The van der Waals surface area contributed by atoms with E-state index in [2.05, 4.69) is 15.6 Å². The van der Waals surface area contributed by atoms with E-state index < -0.39 is 11.8 Å². The number of halogens is 2. The highest BCUT2D eigenvalue weighted by molar-refractivity contribution is 6.33. The van der Waals surface area contributed by atoms with Crippen molar-refractivity contribution in [1.29, 1.82) is 0 Å². The van der Waals surface area contributed by atoms with E-state index >= 15 is 0 Å². The number of hydrogen-bond donors (Lipinski definition) is 2. The number of pyridine rings is 1. The Morgan fingerprint density at radius 2 is 1.62 bits per heavy atom. The number of aromatic nitrogens is 1. The van der Waals surface area contributed by atoms with Gasteiger partial charge in [-0.15, -0.1) is 0 Å². The van der Waals surface area contributed by atoms with Crippen LogP contribution in [0, 0.1) is 6.92 Å². The molecule has 2 N–H and O–H groups in total. The van der Waals surface area contributed by atoms with E-state index in [9.17, 15) is 9.59 Å². The highest BCUT2D eigenvalue weighted by atomic mass is 35.5. The number of hydrogen-bond acceptors (Lipinski definition) is 3. The highest BCUT2D eigenvalue weighted by Gasteiger charge is 2.20. The minimum Gasteiger partial charge on any atom is -0.322 e. The molecule has 0 saturated heterocycles. The van der Waals surface area contributed by atoms with Gasteiger partial charge in [0.2, 0.25) is 0 Å². The Bertz CT molecular complexity index is 1080. The van der Waals surface area contributed by atoms with E-state index in [0.29, 0.717) is 27.5 Å². The summed E-state index contributed by atoms with van der Waals surface area (Å²) in [6, 6.07) is 17.3. The molecule has 0 atom stereocenters. The van der Waals surface area contributed by atoms with Gasteiger partial charge in [-0.05, 0) is 48.9 Å². The summed E-state index contributed by atoms with van der Waals surface area (Å²) < 4.78 is 0. The molecule has 7 heteroatoms. The molecule has 29 heavy (non-hydrogen) atoms. The van der Waals surface area contributed by atoms with Crippen LogP contribution < -0.4 is 10.6 Å². The molecule has 0 spiro atoms. The quantitative estimate of drug-likeness (QED) is 0.250. The molecule has 1 aromatic heterocycles. The summed E-state index contributed by atoms with van der Waals surface area (Å²) >= 11 is 12.2. The lowest BCUT2D eigenvalue weighted by Gasteiger charge is -2.12. The molecule has 0 unspecified atom stereocenters. The molecule has 0 aliphatic rings. The summed E-state index contributed by atoms with van der Waals surface area (Å²) in [5, 5.41) is 6.15. The van der Waals surface area contributed by atoms with Crippen molar-refractivity contribution in [2.45, 2.75) is 6.92 Å². The predicted octanol–water partition coefficient (Wildman–Crippen LogP) is 5.36. The molecule has 2 aromatic carbocycles. The maximum Gasteiger partial charge on any atom is 0.261 e. The van der Waals surface area contributed by atoms with Gasteiger partial charge in [-0.3, -0.25) is 9.59 Å². The van der Waals surface area contributed by atoms with E-state index in [1.807, 2.05) is 6.07 Å². The van der Waals surface area contributed by atoms with Gasteiger partial charge in [0.05, 0.1) is 0 Å². The van der Waals surface area contributed by atoms with Crippen LogP contribution in [0.5, 0.6) is 0 Å². The SMILES string of the molecule is Cc1c(Cl)cccc1NC(=O)/C(=C/c1cccnc1Cl)C(=O)Nc1ccccc1. The van der Waals surface area contributed by atoms with Crippen LogP contribution in [-0.4, -0.2) is 16.8 Å². The van der Waals surface area contributed by atoms with Crippen LogP contribution in [0.2, 0.25) is 10.2 Å². The van der Waals surface area contributed by atoms with Gasteiger partial charge >= 0.3 is 0 Å². The summed E-state index contributed by atoms with van der Waals surface area (Å²) in [5.74, 6) is -1.17. The monoisotopic (exact) mass is 425 g/mol. The van der Waals surface area contributed by atoms with Crippen molar-refractivity contribution in [3.8, 4) is 0 Å². The van der Waals surface area contributed by atoms with Crippen LogP contribution in [0.25, 0.3) is 6.08 Å². The average Bonchev–Trinajstić information content (AvgIpc) is 2.71. The van der Waals surface area contributed by atoms with Gasteiger partial charge in [-0.25, -0.2) is 4.98 Å². The van der Waals surface area contributed by atoms with Crippen molar-refractivity contribution in [3.05, 3.63) is 93.7 Å². The number of anilines is 2. The van der Waals surface area contributed by atoms with Crippen molar-refractivity contribution in [3.63, 3.8) is 0 Å². The normalized spacial score (nSPS) is 11.1. The molecule has 0 aliphatic carbocycles. The van der Waals surface area contributed by atoms with Crippen molar-refractivity contribution in [1.82, 2.24) is 4.98 Å². The largest absolute Gasteiger partial charge is 0.322 e. The standard InChI is InChI=1S/C22H17Cl2N3O2/c1-14-18(23)10-5-11-19(14)27-22(29)17(13-15-7-6-12-25-20(15)24)21(28)26-16-8-3-2-4-9-16/h2-13H,1H3,(H,26,28)(H,27,29)/b17-13+. The van der Waals surface area contributed by atoms with Gasteiger partial charge in [0.25, 0.3) is 11.8 Å². The van der Waals surface area contributed by atoms with Crippen molar-refractivity contribution in [2.75, 3.05) is 10.6 Å². The fourth-order valence-electron chi connectivity index (χ4n) is 2.55. The summed E-state index contributed by atoms with van der Waals surface area (Å²) in [6.45, 7) is 1.78. The van der Waals surface area contributed by atoms with Gasteiger partial charge in [-0.1, -0.05) is 53.5 Å². The molecule has 5 nitrogen and oxygen atoms in total. The molecular formula is C22H17Cl2N3O2. The Labute approximate surface area is 178 Å². The zero-order chi connectivity index (χ0) is 20.8.